The number of carbonyl (C=O) groups excluding carboxylic acids is 1. The Bertz CT molecular complexity index is 613. The molecule has 0 aromatic carbocycles. The van der Waals surface area contributed by atoms with Crippen LogP contribution in [0.5, 0.6) is 0 Å². The fourth-order valence-electron chi connectivity index (χ4n) is 2.70. The summed E-state index contributed by atoms with van der Waals surface area (Å²) >= 11 is 1.45. The van der Waals surface area contributed by atoms with E-state index in [9.17, 15) is 4.79 Å². The molecule has 1 fully saturated rings. The van der Waals surface area contributed by atoms with Crippen molar-refractivity contribution in [3.63, 3.8) is 0 Å². The van der Waals surface area contributed by atoms with E-state index >= 15 is 0 Å². The van der Waals surface area contributed by atoms with Crippen LogP contribution >= 0.6 is 11.3 Å². The highest BCUT2D eigenvalue weighted by Gasteiger charge is 2.24. The molecule has 3 heterocycles. The van der Waals surface area contributed by atoms with Crippen LogP contribution in [0.1, 0.15) is 24.3 Å². The Morgan fingerprint density at radius 1 is 1.36 bits per heavy atom. The number of hydrogen-bond acceptors (Lipinski definition) is 5. The van der Waals surface area contributed by atoms with Crippen LogP contribution in [0, 0.1) is 5.92 Å². The SMILES string of the molecule is CC(C)CN1CCN(C(=O)c2csc(-c3ccco3)n2)CC1. The molecule has 2 aromatic rings. The van der Waals surface area contributed by atoms with Crippen LogP contribution in [0.25, 0.3) is 10.8 Å². The number of rotatable bonds is 4. The zero-order chi connectivity index (χ0) is 15.5. The molecule has 0 N–H and O–H groups in total. The topological polar surface area (TPSA) is 49.6 Å². The lowest BCUT2D eigenvalue weighted by atomic mass is 10.2. The third kappa shape index (κ3) is 3.39. The molecule has 6 heteroatoms. The van der Waals surface area contributed by atoms with Gasteiger partial charge in [0, 0.05) is 38.1 Å². The maximum absolute atomic E-state index is 12.5. The number of nitrogens with zero attached hydrogens (tertiary/aromatic N) is 3. The average Bonchev–Trinajstić information content (AvgIpc) is 3.18. The predicted molar refractivity (Wildman–Crippen MR) is 87.0 cm³/mol. The minimum Gasteiger partial charge on any atom is -0.462 e. The summed E-state index contributed by atoms with van der Waals surface area (Å²) in [7, 11) is 0. The first kappa shape index (κ1) is 15.2. The molecule has 0 radical (unpaired) electrons. The molecule has 1 amide bonds. The molecule has 5 nitrogen and oxygen atoms in total. The van der Waals surface area contributed by atoms with Gasteiger partial charge in [-0.3, -0.25) is 9.69 Å². The lowest BCUT2D eigenvalue weighted by Gasteiger charge is -2.35. The number of piperazine rings is 1. The molecule has 3 rings (SSSR count). The molecule has 1 aliphatic heterocycles. The van der Waals surface area contributed by atoms with Crippen LogP contribution in [0.15, 0.2) is 28.2 Å². The smallest absolute Gasteiger partial charge is 0.273 e. The van der Waals surface area contributed by atoms with Gasteiger partial charge in [-0.25, -0.2) is 4.98 Å². The Hall–Kier alpha value is -1.66. The van der Waals surface area contributed by atoms with Crippen LogP contribution < -0.4 is 0 Å². The molecule has 0 saturated carbocycles. The fraction of sp³-hybridized carbons (Fsp3) is 0.500. The summed E-state index contributed by atoms with van der Waals surface area (Å²) in [6, 6.07) is 3.68. The molecule has 118 valence electrons. The van der Waals surface area contributed by atoms with Gasteiger partial charge in [0.25, 0.3) is 5.91 Å². The zero-order valence-electron chi connectivity index (χ0n) is 13.0. The van der Waals surface area contributed by atoms with Crippen molar-refractivity contribution >= 4 is 17.2 Å². The first-order valence-electron chi connectivity index (χ1n) is 7.64. The van der Waals surface area contributed by atoms with Gasteiger partial charge in [0.2, 0.25) is 0 Å². The molecule has 0 spiro atoms. The van der Waals surface area contributed by atoms with E-state index in [4.69, 9.17) is 4.42 Å². The Morgan fingerprint density at radius 3 is 2.77 bits per heavy atom. The standard InChI is InChI=1S/C16H21N3O2S/c1-12(2)10-18-5-7-19(8-6-18)16(20)13-11-22-15(17-13)14-4-3-9-21-14/h3-4,9,11-12H,5-8,10H2,1-2H3. The minimum atomic E-state index is 0.0262. The van der Waals surface area contributed by atoms with Crippen molar-refractivity contribution in [2.24, 2.45) is 5.92 Å². The van der Waals surface area contributed by atoms with E-state index in [1.807, 2.05) is 22.4 Å². The summed E-state index contributed by atoms with van der Waals surface area (Å²) in [5.74, 6) is 1.40. The van der Waals surface area contributed by atoms with Gasteiger partial charge >= 0.3 is 0 Å². The highest BCUT2D eigenvalue weighted by atomic mass is 32.1. The summed E-state index contributed by atoms with van der Waals surface area (Å²) < 4.78 is 5.33. The van der Waals surface area contributed by atoms with Crippen LogP contribution in [-0.4, -0.2) is 53.4 Å². The number of hydrogen-bond donors (Lipinski definition) is 0. The maximum atomic E-state index is 12.5. The molecule has 2 aromatic heterocycles. The normalized spacial score (nSPS) is 16.4. The Labute approximate surface area is 134 Å². The average molecular weight is 319 g/mol. The summed E-state index contributed by atoms with van der Waals surface area (Å²) in [4.78, 5) is 21.3. The molecule has 1 saturated heterocycles. The van der Waals surface area contributed by atoms with E-state index in [0.717, 1.165) is 37.7 Å². The number of thiazole rings is 1. The van der Waals surface area contributed by atoms with Gasteiger partial charge in [0.1, 0.15) is 5.69 Å². The van der Waals surface area contributed by atoms with E-state index < -0.39 is 0 Å². The van der Waals surface area contributed by atoms with Crippen LogP contribution in [0.2, 0.25) is 0 Å². The Balaban J connectivity index is 1.61. The fourth-order valence-corrected chi connectivity index (χ4v) is 3.46. The van der Waals surface area contributed by atoms with Gasteiger partial charge in [-0.1, -0.05) is 13.8 Å². The Kier molecular flexibility index (Phi) is 4.59. The molecule has 0 atom stereocenters. The van der Waals surface area contributed by atoms with Gasteiger partial charge in [0.05, 0.1) is 6.26 Å². The highest BCUT2D eigenvalue weighted by molar-refractivity contribution is 7.13. The van der Waals surface area contributed by atoms with Gasteiger partial charge in [-0.2, -0.15) is 0 Å². The highest BCUT2D eigenvalue weighted by Crippen LogP contribution is 2.24. The van der Waals surface area contributed by atoms with Crippen molar-refractivity contribution in [1.82, 2.24) is 14.8 Å². The molecule has 0 aliphatic carbocycles. The summed E-state index contributed by atoms with van der Waals surface area (Å²) in [6.07, 6.45) is 1.62. The number of amides is 1. The van der Waals surface area contributed by atoms with Crippen LogP contribution in [0.3, 0.4) is 0 Å². The molecule has 1 aliphatic rings. The van der Waals surface area contributed by atoms with Crippen LogP contribution in [0.4, 0.5) is 0 Å². The lowest BCUT2D eigenvalue weighted by Crippen LogP contribution is -2.49. The Morgan fingerprint density at radius 2 is 2.14 bits per heavy atom. The van der Waals surface area contributed by atoms with E-state index in [0.29, 0.717) is 17.4 Å². The van der Waals surface area contributed by atoms with Crippen molar-refractivity contribution in [2.75, 3.05) is 32.7 Å². The minimum absolute atomic E-state index is 0.0262. The second-order valence-electron chi connectivity index (χ2n) is 6.00. The third-order valence-corrected chi connectivity index (χ3v) is 4.59. The maximum Gasteiger partial charge on any atom is 0.273 e. The largest absolute Gasteiger partial charge is 0.462 e. The van der Waals surface area contributed by atoms with Crippen LogP contribution in [-0.2, 0) is 0 Å². The second-order valence-corrected chi connectivity index (χ2v) is 6.86. The van der Waals surface area contributed by atoms with Gasteiger partial charge in [-0.05, 0) is 18.1 Å². The summed E-state index contributed by atoms with van der Waals surface area (Å²) in [6.45, 7) is 8.99. The first-order valence-corrected chi connectivity index (χ1v) is 8.52. The van der Waals surface area contributed by atoms with Crippen molar-refractivity contribution in [3.8, 4) is 10.8 Å². The van der Waals surface area contributed by atoms with E-state index in [-0.39, 0.29) is 5.91 Å². The van der Waals surface area contributed by atoms with Gasteiger partial charge in [-0.15, -0.1) is 11.3 Å². The molecular weight excluding hydrogens is 298 g/mol. The van der Waals surface area contributed by atoms with Gasteiger partial charge in [0.15, 0.2) is 10.8 Å². The lowest BCUT2D eigenvalue weighted by molar-refractivity contribution is 0.0619. The molecule has 0 unspecified atom stereocenters. The van der Waals surface area contributed by atoms with Crippen molar-refractivity contribution < 1.29 is 9.21 Å². The molecule has 22 heavy (non-hydrogen) atoms. The molecule has 0 bridgehead atoms. The van der Waals surface area contributed by atoms with Gasteiger partial charge < -0.3 is 9.32 Å². The third-order valence-electron chi connectivity index (χ3n) is 3.74. The zero-order valence-corrected chi connectivity index (χ0v) is 13.8. The van der Waals surface area contributed by atoms with E-state index in [2.05, 4.69) is 23.7 Å². The van der Waals surface area contributed by atoms with E-state index in [1.54, 1.807) is 6.26 Å². The van der Waals surface area contributed by atoms with Crippen molar-refractivity contribution in [3.05, 3.63) is 29.5 Å². The second kappa shape index (κ2) is 6.62. The van der Waals surface area contributed by atoms with Crippen molar-refractivity contribution in [2.45, 2.75) is 13.8 Å². The first-order chi connectivity index (χ1) is 10.6. The monoisotopic (exact) mass is 319 g/mol. The number of furan rings is 1. The number of carbonyl (C=O) groups is 1. The summed E-state index contributed by atoms with van der Waals surface area (Å²) in [5.41, 5.74) is 0.522. The summed E-state index contributed by atoms with van der Waals surface area (Å²) in [5, 5.41) is 2.58. The molecular formula is C16H21N3O2S. The predicted octanol–water partition coefficient (Wildman–Crippen LogP) is 2.82. The van der Waals surface area contributed by atoms with E-state index in [1.165, 1.54) is 11.3 Å². The quantitative estimate of drug-likeness (QED) is 0.869. The van der Waals surface area contributed by atoms with Crippen molar-refractivity contribution in [1.29, 1.82) is 0 Å². The number of aromatic nitrogens is 1.